The highest BCUT2D eigenvalue weighted by atomic mass is 16.6. The number of fused-ring (bicyclic) bond motifs is 2. The number of ketones is 2. The number of nitrogens with one attached hydrogen (secondary N) is 1. The van der Waals surface area contributed by atoms with E-state index in [9.17, 15) is 40.3 Å². The van der Waals surface area contributed by atoms with Gasteiger partial charge in [0.15, 0.2) is 17.4 Å². The van der Waals surface area contributed by atoms with Gasteiger partial charge in [0.25, 0.3) is 0 Å². The third-order valence-electron chi connectivity index (χ3n) is 5.95. The second kappa shape index (κ2) is 6.39. The average Bonchev–Trinajstić information content (AvgIpc) is 3.04. The van der Waals surface area contributed by atoms with E-state index in [2.05, 4.69) is 0 Å². The van der Waals surface area contributed by atoms with Gasteiger partial charge < -0.3 is 35.8 Å². The molecule has 0 saturated carbocycles. The molecule has 5 atom stereocenters. The van der Waals surface area contributed by atoms with Crippen molar-refractivity contribution in [3.05, 3.63) is 57.1 Å². The summed E-state index contributed by atoms with van der Waals surface area (Å²) in [4.78, 5) is 37.9. The second-order valence-electron chi connectivity index (χ2n) is 7.65. The maximum absolute atomic E-state index is 13.2. The fourth-order valence-corrected chi connectivity index (χ4v) is 4.60. The number of hydrogen-bond acceptors (Lipinski definition) is 8. The van der Waals surface area contributed by atoms with Crippen LogP contribution in [-0.4, -0.2) is 67.9 Å². The lowest BCUT2D eigenvalue weighted by atomic mass is 9.73. The molecule has 5 N–H and O–H groups in total. The Bertz CT molecular complexity index is 1100. The van der Waals surface area contributed by atoms with Crippen molar-refractivity contribution < 1.29 is 44.7 Å². The summed E-state index contributed by atoms with van der Waals surface area (Å²) in [7, 11) is 0. The number of carbonyl (C=O) groups excluding carboxylic acids is 3. The van der Waals surface area contributed by atoms with E-state index in [0.29, 0.717) is 0 Å². The molecule has 0 aromatic heterocycles. The zero-order valence-corrected chi connectivity index (χ0v) is 15.9. The number of carbonyl (C=O) groups is 3. The minimum atomic E-state index is -2.02. The van der Waals surface area contributed by atoms with Crippen molar-refractivity contribution in [3.8, 4) is 5.75 Å². The molecule has 0 aliphatic heterocycles. The number of phenolic OH excluding ortho intramolecular Hbond substituents is 1. The van der Waals surface area contributed by atoms with E-state index in [-0.39, 0.29) is 33.4 Å². The van der Waals surface area contributed by atoms with Crippen LogP contribution in [0.5, 0.6) is 5.75 Å². The third-order valence-corrected chi connectivity index (χ3v) is 5.95. The number of rotatable bonds is 2. The maximum atomic E-state index is 13.2. The number of aliphatic hydroxyl groups excluding tert-OH is 3. The molecule has 156 valence electrons. The molecule has 0 radical (unpaired) electrons. The number of aliphatic hydroxyl groups is 3. The molecule has 0 spiro atoms. The van der Waals surface area contributed by atoms with Gasteiger partial charge in [0.05, 0.1) is 11.1 Å². The number of Topliss-reactive ketones (excluding diaryl/α,β-unsaturated/α-hetero) is 2. The topological polar surface area (TPSA) is 178 Å². The molecule has 0 saturated heterocycles. The van der Waals surface area contributed by atoms with Gasteiger partial charge in [0.2, 0.25) is 5.78 Å². The second-order valence-corrected chi connectivity index (χ2v) is 7.65. The summed E-state index contributed by atoms with van der Waals surface area (Å²) in [6.07, 6.45) is -5.43. The zero-order valence-electron chi connectivity index (χ0n) is 15.9. The lowest BCUT2D eigenvalue weighted by Crippen LogP contribution is -2.75. The zero-order chi connectivity index (χ0) is 22.1. The summed E-state index contributed by atoms with van der Waals surface area (Å²) in [5.41, 5.74) is 6.39. The predicted octanol–water partition coefficient (Wildman–Crippen LogP) is -1.73. The minimum Gasteiger partial charge on any atom is -0.508 e. The van der Waals surface area contributed by atoms with Crippen LogP contribution >= 0.6 is 0 Å². The van der Waals surface area contributed by atoms with E-state index in [0.717, 1.165) is 6.92 Å². The molecule has 3 aliphatic rings. The van der Waals surface area contributed by atoms with Gasteiger partial charge in [-0.1, -0.05) is 12.1 Å². The van der Waals surface area contributed by atoms with Crippen LogP contribution in [0.4, 0.5) is 0 Å². The Labute approximate surface area is 169 Å². The van der Waals surface area contributed by atoms with Gasteiger partial charge >= 0.3 is 5.97 Å². The van der Waals surface area contributed by atoms with Crippen molar-refractivity contribution in [2.75, 3.05) is 0 Å². The van der Waals surface area contributed by atoms with Crippen LogP contribution in [-0.2, 0) is 9.53 Å². The fraction of sp³-hybridized carbons (Fsp3) is 0.350. The van der Waals surface area contributed by atoms with Crippen LogP contribution in [0.1, 0.15) is 34.6 Å². The number of hydrogen-bond donors (Lipinski definition) is 5. The van der Waals surface area contributed by atoms with Gasteiger partial charge in [-0.15, -0.1) is 0 Å². The average molecular weight is 414 g/mol. The first kappa shape index (κ1) is 20.1. The fourth-order valence-electron chi connectivity index (χ4n) is 4.60. The number of esters is 1. The summed E-state index contributed by atoms with van der Waals surface area (Å²) in [6, 6.07) is 2.48. The Morgan fingerprint density at radius 3 is 2.43 bits per heavy atom. The number of phenols is 1. The largest absolute Gasteiger partial charge is 0.508 e. The van der Waals surface area contributed by atoms with Crippen molar-refractivity contribution in [1.82, 2.24) is 0 Å². The molecule has 10 nitrogen and oxygen atoms in total. The molecule has 3 aliphatic carbocycles. The highest BCUT2D eigenvalue weighted by molar-refractivity contribution is 6.30. The summed E-state index contributed by atoms with van der Waals surface area (Å²) in [5, 5.41) is 44.4. The summed E-state index contributed by atoms with van der Waals surface area (Å²) in [6.45, 7) is 2.24. The smallest absolute Gasteiger partial charge is 0.303 e. The maximum Gasteiger partial charge on any atom is 0.303 e. The standard InChI is InChI=1S/C20H18N2O8/c1-6(23)30-20(2)18(28)13-11(17(27)19(20)29)10-12(14(13)22-21)16(26)9-7(15(10)25)4-3-5-8(9)24/h3-5,14,17-19,22,24,27-29H,1-2H3. The molecule has 10 heteroatoms. The summed E-state index contributed by atoms with van der Waals surface area (Å²) >= 11 is 0. The molecule has 5 unspecified atom stereocenters. The molecule has 0 amide bonds. The molecule has 4 rings (SSSR count). The minimum absolute atomic E-state index is 0.117. The Hall–Kier alpha value is -3.21. The lowest BCUT2D eigenvalue weighted by molar-refractivity contribution is -0.504. The van der Waals surface area contributed by atoms with Crippen LogP contribution < -0.4 is 5.11 Å². The Morgan fingerprint density at radius 2 is 1.83 bits per heavy atom. The van der Waals surface area contributed by atoms with E-state index in [1.165, 1.54) is 25.1 Å². The van der Waals surface area contributed by atoms with Gasteiger partial charge in [-0.25, -0.2) is 0 Å². The van der Waals surface area contributed by atoms with Gasteiger partial charge in [0, 0.05) is 29.2 Å². The van der Waals surface area contributed by atoms with Gasteiger partial charge in [0.1, 0.15) is 24.1 Å². The molecule has 1 aromatic rings. The highest BCUT2D eigenvalue weighted by Gasteiger charge is 2.61. The van der Waals surface area contributed by atoms with E-state index >= 15 is 0 Å². The van der Waals surface area contributed by atoms with E-state index in [1.807, 2.05) is 5.11 Å². The Morgan fingerprint density at radius 1 is 1.17 bits per heavy atom. The Kier molecular flexibility index (Phi) is 4.28. The first-order valence-electron chi connectivity index (χ1n) is 9.09. The van der Waals surface area contributed by atoms with E-state index < -0.39 is 53.2 Å². The number of ether oxygens (including phenoxy) is 1. The molecule has 0 heterocycles. The molecule has 0 bridgehead atoms. The van der Waals surface area contributed by atoms with Crippen LogP contribution in [0.3, 0.4) is 0 Å². The van der Waals surface area contributed by atoms with Crippen molar-refractivity contribution in [3.63, 3.8) is 0 Å². The van der Waals surface area contributed by atoms with Crippen LogP contribution in [0.25, 0.3) is 5.53 Å². The van der Waals surface area contributed by atoms with E-state index in [4.69, 9.17) is 4.74 Å². The summed E-state index contributed by atoms with van der Waals surface area (Å²) in [5.74, 6) is -2.80. The van der Waals surface area contributed by atoms with Crippen molar-refractivity contribution in [2.45, 2.75) is 43.8 Å². The van der Waals surface area contributed by atoms with E-state index in [1.54, 1.807) is 0 Å². The molecular formula is C20H18N2O8. The first-order valence-corrected chi connectivity index (χ1v) is 9.09. The first-order chi connectivity index (χ1) is 14.1. The van der Waals surface area contributed by atoms with Crippen molar-refractivity contribution in [1.29, 1.82) is 0 Å². The SMILES string of the molecule is CC(=O)OC1(C)C(O)C2=C(C3=C(C(=O)c4c(O)cccc4C3=O)C2[NH+]=[N-])C(O)C1O. The van der Waals surface area contributed by atoms with Crippen LogP contribution in [0.2, 0.25) is 0 Å². The highest BCUT2D eigenvalue weighted by Crippen LogP contribution is 2.49. The molecular weight excluding hydrogens is 396 g/mol. The van der Waals surface area contributed by atoms with Gasteiger partial charge in [-0.3, -0.25) is 14.4 Å². The van der Waals surface area contributed by atoms with Gasteiger partial charge in [-0.05, 0) is 13.0 Å². The number of aromatic hydroxyl groups is 1. The molecule has 1 aromatic carbocycles. The molecule has 0 fully saturated rings. The predicted molar refractivity (Wildman–Crippen MR) is 97.1 cm³/mol. The third kappa shape index (κ3) is 2.32. The monoisotopic (exact) mass is 414 g/mol. The van der Waals surface area contributed by atoms with Crippen molar-refractivity contribution >= 4 is 17.5 Å². The van der Waals surface area contributed by atoms with Crippen LogP contribution in [0, 0.1) is 0 Å². The Balaban J connectivity index is 1.96. The lowest BCUT2D eigenvalue weighted by Gasteiger charge is -2.44. The summed E-state index contributed by atoms with van der Waals surface area (Å²) < 4.78 is 5.09. The normalized spacial score (nSPS) is 32.6. The number of benzene rings is 1. The quantitative estimate of drug-likeness (QED) is 0.280. The van der Waals surface area contributed by atoms with Crippen LogP contribution in [0.15, 0.2) is 40.5 Å². The van der Waals surface area contributed by atoms with Gasteiger partial charge in [-0.2, -0.15) is 0 Å². The van der Waals surface area contributed by atoms with Crippen molar-refractivity contribution in [2.24, 2.45) is 0 Å². The number of nitrogens with zero attached hydrogens (tertiary/aromatic N) is 1. The molecule has 30 heavy (non-hydrogen) atoms.